The molecule has 6 heteroatoms. The van der Waals surface area contributed by atoms with Crippen LogP contribution in [0.1, 0.15) is 32.6 Å². The molecule has 110 valence electrons. The van der Waals surface area contributed by atoms with Crippen LogP contribution in [-0.4, -0.2) is 60.2 Å². The van der Waals surface area contributed by atoms with Crippen molar-refractivity contribution in [3.8, 4) is 0 Å². The van der Waals surface area contributed by atoms with Crippen molar-refractivity contribution < 1.29 is 14.7 Å². The fourth-order valence-corrected chi connectivity index (χ4v) is 2.34. The van der Waals surface area contributed by atoms with Gasteiger partial charge in [0.15, 0.2) is 0 Å². The van der Waals surface area contributed by atoms with Gasteiger partial charge in [-0.15, -0.1) is 0 Å². The van der Waals surface area contributed by atoms with E-state index < -0.39 is 5.97 Å². The molecule has 0 aromatic carbocycles. The minimum absolute atomic E-state index is 0.210. The third-order valence-electron chi connectivity index (χ3n) is 3.44. The first kappa shape index (κ1) is 15.9. The Kier molecular flexibility index (Phi) is 7.43. The topological polar surface area (TPSA) is 72.9 Å². The predicted molar refractivity (Wildman–Crippen MR) is 72.5 cm³/mol. The van der Waals surface area contributed by atoms with Crippen molar-refractivity contribution in [2.75, 3.05) is 32.7 Å². The molecular formula is C13H25N3O3. The molecule has 1 rings (SSSR count). The molecule has 1 amide bonds. The Morgan fingerprint density at radius 1 is 1.42 bits per heavy atom. The monoisotopic (exact) mass is 271 g/mol. The summed E-state index contributed by atoms with van der Waals surface area (Å²) in [7, 11) is 0. The number of unbranched alkanes of at least 4 members (excludes halogenated alkanes) is 1. The van der Waals surface area contributed by atoms with Gasteiger partial charge in [-0.1, -0.05) is 19.8 Å². The number of hydrogen-bond acceptors (Lipinski definition) is 4. The Morgan fingerprint density at radius 2 is 2.11 bits per heavy atom. The number of carbonyl (C=O) groups is 2. The summed E-state index contributed by atoms with van der Waals surface area (Å²) >= 11 is 0. The Hall–Kier alpha value is -1.14. The fraction of sp³-hybridized carbons (Fsp3) is 0.846. The van der Waals surface area contributed by atoms with Crippen molar-refractivity contribution in [3.63, 3.8) is 0 Å². The highest BCUT2D eigenvalue weighted by Gasteiger charge is 2.16. The Morgan fingerprint density at radius 3 is 2.68 bits per heavy atom. The average Bonchev–Trinajstić information content (AvgIpc) is 2.39. The van der Waals surface area contributed by atoms with Crippen molar-refractivity contribution in [2.45, 2.75) is 32.6 Å². The number of hydrazine groups is 1. The molecule has 1 fully saturated rings. The zero-order chi connectivity index (χ0) is 14.1. The fourth-order valence-electron chi connectivity index (χ4n) is 2.34. The first-order valence-electron chi connectivity index (χ1n) is 7.02. The normalized spacial score (nSPS) is 17.9. The molecule has 0 aromatic rings. The first-order chi connectivity index (χ1) is 9.13. The van der Waals surface area contributed by atoms with E-state index in [4.69, 9.17) is 5.11 Å². The van der Waals surface area contributed by atoms with Crippen molar-refractivity contribution in [1.82, 2.24) is 15.3 Å². The number of amides is 1. The summed E-state index contributed by atoms with van der Waals surface area (Å²) in [5.41, 5.74) is 0. The van der Waals surface area contributed by atoms with Gasteiger partial charge in [0.05, 0.1) is 0 Å². The van der Waals surface area contributed by atoms with Crippen LogP contribution in [0.4, 0.5) is 0 Å². The van der Waals surface area contributed by atoms with Crippen LogP contribution in [0, 0.1) is 5.92 Å². The molecule has 1 unspecified atom stereocenters. The van der Waals surface area contributed by atoms with Gasteiger partial charge in [0, 0.05) is 39.1 Å². The first-order valence-corrected chi connectivity index (χ1v) is 7.02. The van der Waals surface area contributed by atoms with E-state index in [2.05, 4.69) is 10.3 Å². The van der Waals surface area contributed by atoms with E-state index in [0.29, 0.717) is 0 Å². The lowest BCUT2D eigenvalue weighted by atomic mass is 10.0. The number of nitrogens with one attached hydrogen (secondary N) is 1. The largest absolute Gasteiger partial charge is 0.481 e. The van der Waals surface area contributed by atoms with Crippen molar-refractivity contribution >= 4 is 12.4 Å². The lowest BCUT2D eigenvalue weighted by Gasteiger charge is -2.35. The molecule has 1 heterocycles. The van der Waals surface area contributed by atoms with E-state index in [0.717, 1.165) is 58.4 Å². The molecule has 0 radical (unpaired) electrons. The molecule has 1 atom stereocenters. The van der Waals surface area contributed by atoms with Crippen LogP contribution < -0.4 is 5.32 Å². The Balaban J connectivity index is 2.15. The van der Waals surface area contributed by atoms with E-state index >= 15 is 0 Å². The zero-order valence-electron chi connectivity index (χ0n) is 11.7. The maximum absolute atomic E-state index is 11.1. The van der Waals surface area contributed by atoms with Crippen molar-refractivity contribution in [3.05, 3.63) is 0 Å². The highest BCUT2D eigenvalue weighted by atomic mass is 16.4. The van der Waals surface area contributed by atoms with E-state index in [1.54, 1.807) is 5.01 Å². The second kappa shape index (κ2) is 8.87. The van der Waals surface area contributed by atoms with Crippen molar-refractivity contribution in [2.24, 2.45) is 5.92 Å². The maximum Gasteiger partial charge on any atom is 0.303 e. The molecular weight excluding hydrogens is 246 g/mol. The molecule has 6 nitrogen and oxygen atoms in total. The minimum Gasteiger partial charge on any atom is -0.481 e. The van der Waals surface area contributed by atoms with Crippen LogP contribution in [0.15, 0.2) is 0 Å². The predicted octanol–water partition coefficient (Wildman–Crippen LogP) is 0.546. The summed E-state index contributed by atoms with van der Waals surface area (Å²) in [6.07, 6.45) is 3.92. The van der Waals surface area contributed by atoms with E-state index in [1.165, 1.54) is 0 Å². The number of carbonyl (C=O) groups excluding carboxylic acids is 1. The Labute approximate surface area is 114 Å². The highest BCUT2D eigenvalue weighted by molar-refractivity contribution is 5.66. The second-order valence-corrected chi connectivity index (χ2v) is 5.17. The number of carboxylic acids is 1. The van der Waals surface area contributed by atoms with E-state index in [9.17, 15) is 9.59 Å². The molecule has 0 bridgehead atoms. The number of piperazine rings is 1. The lowest BCUT2D eigenvalue weighted by Crippen LogP contribution is -2.52. The van der Waals surface area contributed by atoms with Gasteiger partial charge in [-0.25, -0.2) is 5.01 Å². The number of rotatable bonds is 9. The average molecular weight is 271 g/mol. The zero-order valence-corrected chi connectivity index (χ0v) is 11.7. The van der Waals surface area contributed by atoms with Crippen LogP contribution in [-0.2, 0) is 9.59 Å². The summed E-state index contributed by atoms with van der Waals surface area (Å²) in [5, 5.41) is 15.8. The quantitative estimate of drug-likeness (QED) is 0.473. The molecule has 0 spiro atoms. The SMILES string of the molecule is CC(CCCCN(C=O)N1CCNCC1)CC(=O)O. The number of carboxylic acid groups (broad SMARTS) is 1. The van der Waals surface area contributed by atoms with E-state index in [1.807, 2.05) is 6.92 Å². The van der Waals surface area contributed by atoms with Crippen LogP contribution in [0.25, 0.3) is 0 Å². The van der Waals surface area contributed by atoms with Crippen LogP contribution in [0.3, 0.4) is 0 Å². The third-order valence-corrected chi connectivity index (χ3v) is 3.44. The molecule has 1 aliphatic heterocycles. The Bertz CT molecular complexity index is 280. The van der Waals surface area contributed by atoms with Gasteiger partial charge in [-0.2, -0.15) is 0 Å². The highest BCUT2D eigenvalue weighted by Crippen LogP contribution is 2.12. The number of aliphatic carboxylic acids is 1. The lowest BCUT2D eigenvalue weighted by molar-refractivity contribution is -0.138. The van der Waals surface area contributed by atoms with Gasteiger partial charge in [0.1, 0.15) is 0 Å². The summed E-state index contributed by atoms with van der Waals surface area (Å²) in [4.78, 5) is 21.6. The number of hydrogen-bond donors (Lipinski definition) is 2. The van der Waals surface area contributed by atoms with E-state index in [-0.39, 0.29) is 12.3 Å². The second-order valence-electron chi connectivity index (χ2n) is 5.17. The molecule has 19 heavy (non-hydrogen) atoms. The van der Waals surface area contributed by atoms with Crippen LogP contribution >= 0.6 is 0 Å². The van der Waals surface area contributed by atoms with Crippen LogP contribution in [0.2, 0.25) is 0 Å². The minimum atomic E-state index is -0.733. The van der Waals surface area contributed by atoms with Gasteiger partial charge < -0.3 is 10.4 Å². The molecule has 1 saturated heterocycles. The molecule has 0 saturated carbocycles. The standard InChI is InChI=1S/C13H25N3O3/c1-12(10-13(18)19)4-2-3-7-16(11-17)15-8-5-14-6-9-15/h11-12,14H,2-10H2,1H3,(H,18,19). The summed E-state index contributed by atoms with van der Waals surface area (Å²) in [6.45, 7) is 6.26. The molecule has 0 aromatic heterocycles. The molecule has 0 aliphatic carbocycles. The van der Waals surface area contributed by atoms with Gasteiger partial charge in [-0.3, -0.25) is 14.6 Å². The molecule has 1 aliphatic rings. The van der Waals surface area contributed by atoms with Crippen molar-refractivity contribution in [1.29, 1.82) is 0 Å². The summed E-state index contributed by atoms with van der Waals surface area (Å²) in [5.74, 6) is -0.524. The summed E-state index contributed by atoms with van der Waals surface area (Å²) < 4.78 is 0. The third kappa shape index (κ3) is 6.54. The van der Waals surface area contributed by atoms with Gasteiger partial charge in [0.2, 0.25) is 6.41 Å². The number of nitrogens with zero attached hydrogens (tertiary/aromatic N) is 2. The van der Waals surface area contributed by atoms with Crippen LogP contribution in [0.5, 0.6) is 0 Å². The maximum atomic E-state index is 11.1. The molecule has 2 N–H and O–H groups in total. The summed E-state index contributed by atoms with van der Waals surface area (Å²) in [6, 6.07) is 0. The van der Waals surface area contributed by atoms with Gasteiger partial charge in [-0.05, 0) is 12.3 Å². The van der Waals surface area contributed by atoms with Gasteiger partial charge in [0.25, 0.3) is 0 Å². The van der Waals surface area contributed by atoms with Gasteiger partial charge >= 0.3 is 5.97 Å². The smallest absolute Gasteiger partial charge is 0.303 e.